The zero-order chi connectivity index (χ0) is 18.5. The van der Waals surface area contributed by atoms with E-state index in [2.05, 4.69) is 30.4 Å². The van der Waals surface area contributed by atoms with Gasteiger partial charge in [0.2, 0.25) is 0 Å². The third-order valence-corrected chi connectivity index (χ3v) is 4.65. The Labute approximate surface area is 153 Å². The van der Waals surface area contributed by atoms with Gasteiger partial charge in [0.05, 0.1) is 16.0 Å². The molecule has 0 saturated carbocycles. The van der Waals surface area contributed by atoms with E-state index >= 15 is 0 Å². The molecular weight excluding hydrogens is 326 g/mol. The van der Waals surface area contributed by atoms with E-state index in [0.717, 1.165) is 54.2 Å². The summed E-state index contributed by atoms with van der Waals surface area (Å²) in [6, 6.07) is 15.4. The second-order valence-corrected chi connectivity index (χ2v) is 6.90. The minimum absolute atomic E-state index is 0.156. The Bertz CT molecular complexity index is 922. The number of hydrogen-bond donors (Lipinski definition) is 1. The topological polar surface area (TPSA) is 58.4 Å². The molecule has 26 heavy (non-hydrogen) atoms. The fraction of sp³-hybridized carbons (Fsp3) is 0.333. The van der Waals surface area contributed by atoms with Crippen LogP contribution in [0, 0.1) is 10.1 Å². The molecule has 5 heteroatoms. The van der Waals surface area contributed by atoms with Gasteiger partial charge < -0.3 is 10.2 Å². The number of unbranched alkanes of at least 4 members (excludes halogenated alkanes) is 2. The van der Waals surface area contributed by atoms with Gasteiger partial charge in [-0.05, 0) is 50.3 Å². The number of non-ortho nitro benzene ring substituents is 1. The number of hydrogen-bond acceptors (Lipinski definition) is 4. The highest BCUT2D eigenvalue weighted by Gasteiger charge is 2.17. The molecule has 0 bridgehead atoms. The summed E-state index contributed by atoms with van der Waals surface area (Å²) in [4.78, 5) is 13.5. The summed E-state index contributed by atoms with van der Waals surface area (Å²) >= 11 is 0. The number of anilines is 1. The smallest absolute Gasteiger partial charge is 0.279 e. The minimum Gasteiger partial charge on any atom is -0.384 e. The molecule has 0 heterocycles. The van der Waals surface area contributed by atoms with E-state index in [1.165, 1.54) is 0 Å². The molecule has 0 radical (unpaired) electrons. The summed E-state index contributed by atoms with van der Waals surface area (Å²) < 4.78 is 0. The lowest BCUT2D eigenvalue weighted by Gasteiger charge is -2.14. The van der Waals surface area contributed by atoms with Crippen molar-refractivity contribution in [3.63, 3.8) is 0 Å². The normalized spacial score (nSPS) is 11.3. The molecule has 0 aliphatic rings. The molecule has 5 nitrogen and oxygen atoms in total. The van der Waals surface area contributed by atoms with Crippen molar-refractivity contribution in [3.05, 3.63) is 58.6 Å². The summed E-state index contributed by atoms with van der Waals surface area (Å²) in [5.74, 6) is 0. The quantitative estimate of drug-likeness (QED) is 0.267. The highest BCUT2D eigenvalue weighted by molar-refractivity contribution is 6.14. The molecule has 0 amide bonds. The van der Waals surface area contributed by atoms with E-state index < -0.39 is 0 Å². The fourth-order valence-corrected chi connectivity index (χ4v) is 3.38. The second-order valence-electron chi connectivity index (χ2n) is 6.90. The number of rotatable bonds is 8. The highest BCUT2D eigenvalue weighted by atomic mass is 16.6. The molecule has 0 fully saturated rings. The first-order chi connectivity index (χ1) is 12.6. The average Bonchev–Trinajstić information content (AvgIpc) is 2.62. The van der Waals surface area contributed by atoms with Gasteiger partial charge in [0.1, 0.15) is 0 Å². The molecule has 0 aromatic heterocycles. The standard InChI is InChI=1S/C21H25N3O2/c1-23(2)14-7-3-6-13-22-21-18-11-5-4-9-16(18)15-17-10-8-12-19(20(17)21)24(25)26/h4-5,8-12,15,22H,3,6-7,13-14H2,1-2H3. The van der Waals surface area contributed by atoms with Crippen molar-refractivity contribution in [2.45, 2.75) is 19.3 Å². The monoisotopic (exact) mass is 351 g/mol. The van der Waals surface area contributed by atoms with Crippen LogP contribution in [0.15, 0.2) is 48.5 Å². The van der Waals surface area contributed by atoms with Crippen molar-refractivity contribution in [1.29, 1.82) is 0 Å². The molecule has 3 aromatic rings. The highest BCUT2D eigenvalue weighted by Crippen LogP contribution is 2.38. The van der Waals surface area contributed by atoms with Gasteiger partial charge in [-0.25, -0.2) is 0 Å². The van der Waals surface area contributed by atoms with Crippen molar-refractivity contribution in [2.75, 3.05) is 32.5 Å². The van der Waals surface area contributed by atoms with Crippen LogP contribution in [0.2, 0.25) is 0 Å². The Morgan fingerprint density at radius 3 is 2.54 bits per heavy atom. The maximum atomic E-state index is 11.6. The van der Waals surface area contributed by atoms with E-state index in [4.69, 9.17) is 0 Å². The predicted molar refractivity (Wildman–Crippen MR) is 109 cm³/mol. The Morgan fingerprint density at radius 2 is 1.77 bits per heavy atom. The van der Waals surface area contributed by atoms with Crippen molar-refractivity contribution in [2.24, 2.45) is 0 Å². The Kier molecular flexibility index (Phi) is 5.68. The molecule has 0 spiro atoms. The summed E-state index contributed by atoms with van der Waals surface area (Å²) in [6.45, 7) is 1.89. The van der Waals surface area contributed by atoms with Gasteiger partial charge >= 0.3 is 0 Å². The molecule has 3 aromatic carbocycles. The zero-order valence-electron chi connectivity index (χ0n) is 15.4. The van der Waals surface area contributed by atoms with Crippen LogP contribution >= 0.6 is 0 Å². The molecule has 136 valence electrons. The van der Waals surface area contributed by atoms with Gasteiger partial charge in [-0.15, -0.1) is 0 Å². The van der Waals surface area contributed by atoms with E-state index in [0.29, 0.717) is 5.39 Å². The van der Waals surface area contributed by atoms with Crippen molar-refractivity contribution in [3.8, 4) is 0 Å². The van der Waals surface area contributed by atoms with Crippen LogP contribution in [0.3, 0.4) is 0 Å². The van der Waals surface area contributed by atoms with Crippen molar-refractivity contribution >= 4 is 32.9 Å². The molecule has 0 unspecified atom stereocenters. The SMILES string of the molecule is CN(C)CCCCCNc1c2ccccc2cc2cccc([N+](=O)[O-])c12. The first kappa shape index (κ1) is 18.1. The van der Waals surface area contributed by atoms with Gasteiger partial charge in [0.25, 0.3) is 5.69 Å². The molecule has 1 N–H and O–H groups in total. The lowest BCUT2D eigenvalue weighted by molar-refractivity contribution is -0.383. The van der Waals surface area contributed by atoms with Crippen LogP contribution in [0.5, 0.6) is 0 Å². The summed E-state index contributed by atoms with van der Waals surface area (Å²) in [7, 11) is 4.17. The molecule has 0 atom stereocenters. The van der Waals surface area contributed by atoms with E-state index in [1.807, 2.05) is 30.3 Å². The summed E-state index contributed by atoms with van der Waals surface area (Å²) in [6.07, 6.45) is 3.33. The summed E-state index contributed by atoms with van der Waals surface area (Å²) in [5.41, 5.74) is 1.03. The Hall–Kier alpha value is -2.66. The van der Waals surface area contributed by atoms with Crippen LogP contribution in [-0.4, -0.2) is 37.0 Å². The predicted octanol–water partition coefficient (Wildman–Crippen LogP) is 5.05. The largest absolute Gasteiger partial charge is 0.384 e. The lowest BCUT2D eigenvalue weighted by atomic mass is 9.99. The third-order valence-electron chi connectivity index (χ3n) is 4.65. The van der Waals surface area contributed by atoms with Gasteiger partial charge in [0.15, 0.2) is 0 Å². The van der Waals surface area contributed by atoms with E-state index in [9.17, 15) is 10.1 Å². The number of fused-ring (bicyclic) bond motifs is 2. The maximum Gasteiger partial charge on any atom is 0.279 e. The first-order valence-corrected chi connectivity index (χ1v) is 9.05. The Balaban J connectivity index is 1.93. The minimum atomic E-state index is -0.292. The van der Waals surface area contributed by atoms with Gasteiger partial charge in [-0.2, -0.15) is 0 Å². The fourth-order valence-electron chi connectivity index (χ4n) is 3.38. The number of nitrogens with zero attached hydrogens (tertiary/aromatic N) is 2. The number of nitro benzene ring substituents is 1. The molecule has 0 saturated heterocycles. The maximum absolute atomic E-state index is 11.6. The zero-order valence-corrected chi connectivity index (χ0v) is 15.4. The number of benzene rings is 3. The third kappa shape index (κ3) is 3.94. The van der Waals surface area contributed by atoms with Crippen LogP contribution < -0.4 is 5.32 Å². The molecule has 3 rings (SSSR count). The van der Waals surface area contributed by atoms with Gasteiger partial charge in [0, 0.05) is 18.0 Å². The van der Waals surface area contributed by atoms with Gasteiger partial charge in [-0.1, -0.05) is 42.8 Å². The number of nitro groups is 1. The average molecular weight is 351 g/mol. The molecular formula is C21H25N3O2. The van der Waals surface area contributed by atoms with Crippen LogP contribution in [0.25, 0.3) is 21.5 Å². The molecule has 0 aliphatic heterocycles. The Morgan fingerprint density at radius 1 is 1.00 bits per heavy atom. The van der Waals surface area contributed by atoms with E-state index in [-0.39, 0.29) is 10.6 Å². The van der Waals surface area contributed by atoms with Gasteiger partial charge in [-0.3, -0.25) is 10.1 Å². The van der Waals surface area contributed by atoms with Crippen LogP contribution in [0.4, 0.5) is 11.4 Å². The van der Waals surface area contributed by atoms with Crippen LogP contribution in [-0.2, 0) is 0 Å². The van der Waals surface area contributed by atoms with Crippen molar-refractivity contribution in [1.82, 2.24) is 4.90 Å². The lowest BCUT2D eigenvalue weighted by Crippen LogP contribution is -2.13. The number of nitrogens with one attached hydrogen (secondary N) is 1. The molecule has 0 aliphatic carbocycles. The van der Waals surface area contributed by atoms with Crippen LogP contribution in [0.1, 0.15) is 19.3 Å². The van der Waals surface area contributed by atoms with Crippen molar-refractivity contribution < 1.29 is 4.92 Å². The second kappa shape index (κ2) is 8.15. The summed E-state index contributed by atoms with van der Waals surface area (Å²) in [5, 5.41) is 18.8. The first-order valence-electron chi connectivity index (χ1n) is 9.05. The van der Waals surface area contributed by atoms with E-state index in [1.54, 1.807) is 12.1 Å².